The molecule has 0 aliphatic heterocycles. The number of fused-ring (bicyclic) bond motifs is 1. The highest BCUT2D eigenvalue weighted by molar-refractivity contribution is 5.82. The Morgan fingerprint density at radius 2 is 2.00 bits per heavy atom. The van der Waals surface area contributed by atoms with Gasteiger partial charge in [-0.3, -0.25) is 18.6 Å². The van der Waals surface area contributed by atoms with E-state index in [1.54, 1.807) is 42.3 Å². The number of aryl methyl sites for hydroxylation is 1. The van der Waals surface area contributed by atoms with Crippen LogP contribution in [0.5, 0.6) is 0 Å². The summed E-state index contributed by atoms with van der Waals surface area (Å²) < 4.78 is 17.3. The summed E-state index contributed by atoms with van der Waals surface area (Å²) in [5, 5.41) is 4.26. The number of nitrogens with zero attached hydrogens (tertiary/aromatic N) is 4. The molecule has 0 bridgehead atoms. The van der Waals surface area contributed by atoms with Crippen molar-refractivity contribution in [3.05, 3.63) is 74.9 Å². The average molecular weight is 377 g/mol. The van der Waals surface area contributed by atoms with E-state index in [0.717, 1.165) is 10.1 Å². The van der Waals surface area contributed by atoms with Crippen molar-refractivity contribution in [3.8, 4) is 23.1 Å². The van der Waals surface area contributed by atoms with E-state index in [1.165, 1.54) is 23.7 Å². The highest BCUT2D eigenvalue weighted by Crippen LogP contribution is 2.21. The number of hydrogen-bond acceptors (Lipinski definition) is 3. The second-order valence-electron chi connectivity index (χ2n) is 6.39. The van der Waals surface area contributed by atoms with Gasteiger partial charge in [0.25, 0.3) is 5.56 Å². The lowest BCUT2D eigenvalue weighted by Gasteiger charge is -2.02. The van der Waals surface area contributed by atoms with Gasteiger partial charge in [0.05, 0.1) is 17.4 Å². The number of H-pyrrole nitrogens is 1. The number of aromatic amines is 1. The molecule has 1 aromatic carbocycles. The first-order valence-corrected chi connectivity index (χ1v) is 8.50. The van der Waals surface area contributed by atoms with E-state index in [-0.39, 0.29) is 17.1 Å². The molecule has 0 saturated heterocycles. The number of nitrogens with one attached hydrogen (secondary N) is 1. The highest BCUT2D eigenvalue weighted by atomic mass is 19.1. The molecule has 1 N–H and O–H groups in total. The number of aromatic nitrogens is 5. The molecule has 3 heterocycles. The minimum absolute atomic E-state index is 0.326. The molecule has 4 aromatic rings. The molecule has 0 aliphatic rings. The van der Waals surface area contributed by atoms with Crippen LogP contribution in [-0.4, -0.2) is 23.9 Å². The van der Waals surface area contributed by atoms with Crippen molar-refractivity contribution in [3.63, 3.8) is 0 Å². The van der Waals surface area contributed by atoms with E-state index in [4.69, 9.17) is 0 Å². The fraction of sp³-hybridized carbons (Fsp3) is 0.150. The van der Waals surface area contributed by atoms with Crippen molar-refractivity contribution in [2.75, 3.05) is 0 Å². The lowest BCUT2D eigenvalue weighted by Crippen LogP contribution is -2.36. The van der Waals surface area contributed by atoms with Crippen LogP contribution in [0.25, 0.3) is 22.3 Å². The first kappa shape index (κ1) is 17.5. The molecule has 0 aliphatic carbocycles. The summed E-state index contributed by atoms with van der Waals surface area (Å²) in [6, 6.07) is 7.84. The second-order valence-corrected chi connectivity index (χ2v) is 6.39. The molecule has 0 radical (unpaired) electrons. The molecule has 0 atom stereocenters. The molecule has 3 aromatic heterocycles. The zero-order chi connectivity index (χ0) is 19.8. The van der Waals surface area contributed by atoms with Gasteiger partial charge in [-0.15, -0.1) is 0 Å². The van der Waals surface area contributed by atoms with Gasteiger partial charge in [0.1, 0.15) is 17.9 Å². The summed E-state index contributed by atoms with van der Waals surface area (Å²) in [6.07, 6.45) is 3.44. The third-order valence-corrected chi connectivity index (χ3v) is 4.49. The van der Waals surface area contributed by atoms with Gasteiger partial charge in [-0.1, -0.05) is 17.9 Å². The monoisotopic (exact) mass is 377 g/mol. The van der Waals surface area contributed by atoms with E-state index in [9.17, 15) is 14.0 Å². The molecule has 8 heteroatoms. The first-order chi connectivity index (χ1) is 13.4. The molecule has 28 heavy (non-hydrogen) atoms. The van der Waals surface area contributed by atoms with E-state index in [0.29, 0.717) is 28.8 Å². The normalized spacial score (nSPS) is 10.8. The van der Waals surface area contributed by atoms with Crippen LogP contribution < -0.4 is 11.2 Å². The van der Waals surface area contributed by atoms with Crippen LogP contribution in [0.15, 0.2) is 52.3 Å². The SMILES string of the molecule is Cn1c(=O)c2[nH]c(-c3cnn(CC#Cc4cccc(F)c4)c3)cc2n(C)c1=O. The van der Waals surface area contributed by atoms with Crippen LogP contribution in [0.3, 0.4) is 0 Å². The predicted molar refractivity (Wildman–Crippen MR) is 103 cm³/mol. The topological polar surface area (TPSA) is 77.6 Å². The summed E-state index contributed by atoms with van der Waals surface area (Å²) in [5.74, 6) is 5.51. The van der Waals surface area contributed by atoms with Gasteiger partial charge >= 0.3 is 5.69 Å². The zero-order valence-electron chi connectivity index (χ0n) is 15.2. The Hall–Kier alpha value is -3.86. The number of halogens is 1. The summed E-state index contributed by atoms with van der Waals surface area (Å²) in [6.45, 7) is 0.330. The third kappa shape index (κ3) is 3.03. The maximum absolute atomic E-state index is 13.2. The highest BCUT2D eigenvalue weighted by Gasteiger charge is 2.13. The fourth-order valence-corrected chi connectivity index (χ4v) is 2.99. The van der Waals surface area contributed by atoms with Gasteiger partial charge in [0, 0.05) is 31.4 Å². The molecular formula is C20H16FN5O2. The Bertz CT molecular complexity index is 1380. The van der Waals surface area contributed by atoms with Crippen LogP contribution >= 0.6 is 0 Å². The van der Waals surface area contributed by atoms with Gasteiger partial charge in [-0.05, 0) is 24.3 Å². The Balaban J connectivity index is 1.63. The summed E-state index contributed by atoms with van der Waals surface area (Å²) in [5.41, 5.74) is 2.17. The van der Waals surface area contributed by atoms with Crippen LogP contribution in [0.1, 0.15) is 5.56 Å². The van der Waals surface area contributed by atoms with E-state index in [1.807, 2.05) is 0 Å². The van der Waals surface area contributed by atoms with Crippen molar-refractivity contribution >= 4 is 11.0 Å². The van der Waals surface area contributed by atoms with Gasteiger partial charge in [-0.2, -0.15) is 5.10 Å². The molecule has 0 unspecified atom stereocenters. The maximum Gasteiger partial charge on any atom is 0.331 e. The minimum Gasteiger partial charge on any atom is -0.349 e. The van der Waals surface area contributed by atoms with Gasteiger partial charge in [0.2, 0.25) is 0 Å². The van der Waals surface area contributed by atoms with Crippen molar-refractivity contribution < 1.29 is 4.39 Å². The summed E-state index contributed by atoms with van der Waals surface area (Å²) >= 11 is 0. The Morgan fingerprint density at radius 1 is 1.18 bits per heavy atom. The molecule has 140 valence electrons. The van der Waals surface area contributed by atoms with Gasteiger partial charge < -0.3 is 4.98 Å². The molecular weight excluding hydrogens is 361 g/mol. The van der Waals surface area contributed by atoms with Gasteiger partial charge in [0.15, 0.2) is 0 Å². The minimum atomic E-state index is -0.383. The molecule has 0 amide bonds. The van der Waals surface area contributed by atoms with Crippen LogP contribution in [0.4, 0.5) is 4.39 Å². The maximum atomic E-state index is 13.2. The third-order valence-electron chi connectivity index (χ3n) is 4.49. The number of benzene rings is 1. The van der Waals surface area contributed by atoms with Crippen molar-refractivity contribution in [1.82, 2.24) is 23.9 Å². The number of hydrogen-bond donors (Lipinski definition) is 1. The van der Waals surface area contributed by atoms with Crippen molar-refractivity contribution in [1.29, 1.82) is 0 Å². The van der Waals surface area contributed by atoms with E-state index < -0.39 is 0 Å². The van der Waals surface area contributed by atoms with Crippen LogP contribution in [-0.2, 0) is 20.6 Å². The quantitative estimate of drug-likeness (QED) is 0.539. The first-order valence-electron chi connectivity index (χ1n) is 8.50. The van der Waals surface area contributed by atoms with Crippen LogP contribution in [0.2, 0.25) is 0 Å². The summed E-state index contributed by atoms with van der Waals surface area (Å²) in [7, 11) is 3.06. The molecule has 0 spiro atoms. The van der Waals surface area contributed by atoms with Crippen molar-refractivity contribution in [2.45, 2.75) is 6.54 Å². The molecule has 0 saturated carbocycles. The molecule has 0 fully saturated rings. The predicted octanol–water partition coefficient (Wildman–Crippen LogP) is 1.62. The Kier molecular flexibility index (Phi) is 4.20. The second kappa shape index (κ2) is 6.70. The molecule has 4 rings (SSSR count). The Labute approximate surface area is 158 Å². The van der Waals surface area contributed by atoms with Crippen LogP contribution in [0, 0.1) is 17.7 Å². The average Bonchev–Trinajstić information content (AvgIpc) is 3.32. The Morgan fingerprint density at radius 3 is 2.79 bits per heavy atom. The fourth-order valence-electron chi connectivity index (χ4n) is 2.99. The number of rotatable bonds is 2. The summed E-state index contributed by atoms with van der Waals surface area (Å²) in [4.78, 5) is 27.4. The smallest absolute Gasteiger partial charge is 0.331 e. The van der Waals surface area contributed by atoms with E-state index >= 15 is 0 Å². The van der Waals surface area contributed by atoms with E-state index in [2.05, 4.69) is 21.9 Å². The zero-order valence-corrected chi connectivity index (χ0v) is 15.2. The standard InChI is InChI=1S/C20H16FN5O2/c1-24-17-10-16(23-18(17)19(27)25(2)20(24)28)14-11-22-26(12-14)8-4-6-13-5-3-7-15(21)9-13/h3,5,7,9-12,23H,8H2,1-2H3. The lowest BCUT2D eigenvalue weighted by molar-refractivity contribution is 0.627. The largest absolute Gasteiger partial charge is 0.349 e. The lowest BCUT2D eigenvalue weighted by atomic mass is 10.2. The van der Waals surface area contributed by atoms with Crippen molar-refractivity contribution in [2.24, 2.45) is 14.1 Å². The molecule has 7 nitrogen and oxygen atoms in total. The van der Waals surface area contributed by atoms with Gasteiger partial charge in [-0.25, -0.2) is 9.18 Å².